The van der Waals surface area contributed by atoms with E-state index in [4.69, 9.17) is 0 Å². The number of guanidine groups is 1. The lowest BCUT2D eigenvalue weighted by Crippen LogP contribution is -2.40. The van der Waals surface area contributed by atoms with Crippen LogP contribution >= 0.6 is 11.8 Å². The van der Waals surface area contributed by atoms with Gasteiger partial charge in [0.1, 0.15) is 0 Å². The molecule has 23 heavy (non-hydrogen) atoms. The van der Waals surface area contributed by atoms with Gasteiger partial charge in [-0.05, 0) is 37.3 Å². The molecule has 1 aromatic carbocycles. The first-order valence-electron chi connectivity index (χ1n) is 7.62. The van der Waals surface area contributed by atoms with Crippen LogP contribution in [0.5, 0.6) is 0 Å². The van der Waals surface area contributed by atoms with E-state index < -0.39 is 9.84 Å². The van der Waals surface area contributed by atoms with Crippen molar-refractivity contribution in [3.63, 3.8) is 0 Å². The maximum absolute atomic E-state index is 11.6. The van der Waals surface area contributed by atoms with Gasteiger partial charge in [-0.2, -0.15) is 11.8 Å². The summed E-state index contributed by atoms with van der Waals surface area (Å²) in [4.78, 5) is 4.94. The summed E-state index contributed by atoms with van der Waals surface area (Å²) in [5.41, 5.74) is 1.75. The van der Waals surface area contributed by atoms with Gasteiger partial charge in [-0.1, -0.05) is 19.1 Å². The number of aliphatic imine (C=N–C) groups is 1. The number of nitrogens with zero attached hydrogens (tertiary/aromatic N) is 1. The van der Waals surface area contributed by atoms with Crippen molar-refractivity contribution in [2.75, 3.05) is 25.6 Å². The zero-order chi connectivity index (χ0) is 17.5. The fourth-order valence-electron chi connectivity index (χ4n) is 2.06. The summed E-state index contributed by atoms with van der Waals surface area (Å²) < 4.78 is 23.3. The molecule has 1 rings (SSSR count). The van der Waals surface area contributed by atoms with Crippen molar-refractivity contribution in [1.82, 2.24) is 10.6 Å². The van der Waals surface area contributed by atoms with Crippen LogP contribution in [0.15, 0.2) is 28.1 Å². The normalized spacial score (nSPS) is 13.7. The van der Waals surface area contributed by atoms with E-state index in [1.54, 1.807) is 17.8 Å². The first kappa shape index (κ1) is 19.8. The highest BCUT2D eigenvalue weighted by molar-refractivity contribution is 7.99. The Labute approximate surface area is 144 Å². The minimum atomic E-state index is -3.17. The van der Waals surface area contributed by atoms with Crippen molar-refractivity contribution in [3.05, 3.63) is 29.3 Å². The maximum Gasteiger partial charge on any atom is 0.191 e. The van der Waals surface area contributed by atoms with E-state index in [-0.39, 0.29) is 0 Å². The fraction of sp³-hybridized carbons (Fsp3) is 0.562. The molecule has 0 amide bonds. The summed E-state index contributed by atoms with van der Waals surface area (Å²) in [5, 5.41) is 7.04. The summed E-state index contributed by atoms with van der Waals surface area (Å²) >= 11 is 1.80. The van der Waals surface area contributed by atoms with Crippen LogP contribution in [0, 0.1) is 6.92 Å². The second kappa shape index (κ2) is 9.17. The highest BCUT2D eigenvalue weighted by Gasteiger charge is 2.10. The van der Waals surface area contributed by atoms with Gasteiger partial charge in [0.15, 0.2) is 15.8 Å². The van der Waals surface area contributed by atoms with Crippen molar-refractivity contribution < 1.29 is 8.42 Å². The summed E-state index contributed by atoms with van der Waals surface area (Å²) in [6, 6.07) is 5.36. The Hall–Kier alpha value is -1.21. The molecule has 130 valence electrons. The van der Waals surface area contributed by atoms with Crippen molar-refractivity contribution >= 4 is 27.6 Å². The standard InChI is InChI=1S/C16H27N3O2S2/c1-6-17-16(18-10-13(3)22-4)19-11-14-7-8-15(12(2)9-14)23(5,20)21/h7-9,13H,6,10-11H2,1-5H3,(H2,17,18,19). The topological polar surface area (TPSA) is 70.6 Å². The first-order chi connectivity index (χ1) is 10.8. The van der Waals surface area contributed by atoms with E-state index in [2.05, 4.69) is 28.8 Å². The summed E-state index contributed by atoms with van der Waals surface area (Å²) in [6.07, 6.45) is 3.32. The Morgan fingerprint density at radius 3 is 2.57 bits per heavy atom. The smallest absolute Gasteiger partial charge is 0.191 e. The summed E-state index contributed by atoms with van der Waals surface area (Å²) in [7, 11) is -3.17. The molecule has 0 aliphatic heterocycles. The lowest BCUT2D eigenvalue weighted by Gasteiger charge is -2.14. The average molecular weight is 358 g/mol. The molecule has 0 fully saturated rings. The molecule has 0 aliphatic rings. The number of hydrogen-bond acceptors (Lipinski definition) is 4. The molecule has 2 N–H and O–H groups in total. The van der Waals surface area contributed by atoms with Crippen LogP contribution in [-0.4, -0.2) is 45.2 Å². The second-order valence-electron chi connectivity index (χ2n) is 5.49. The van der Waals surface area contributed by atoms with E-state index in [1.807, 2.05) is 26.0 Å². The largest absolute Gasteiger partial charge is 0.357 e. The molecule has 0 bridgehead atoms. The third-order valence-electron chi connectivity index (χ3n) is 3.36. The molecule has 0 radical (unpaired) electrons. The van der Waals surface area contributed by atoms with Crippen LogP contribution in [0.1, 0.15) is 25.0 Å². The zero-order valence-corrected chi connectivity index (χ0v) is 16.1. The molecule has 0 saturated carbocycles. The van der Waals surface area contributed by atoms with Crippen molar-refractivity contribution in [2.24, 2.45) is 4.99 Å². The number of benzene rings is 1. The highest BCUT2D eigenvalue weighted by Crippen LogP contribution is 2.17. The Kier molecular flexibility index (Phi) is 7.91. The van der Waals surface area contributed by atoms with Crippen molar-refractivity contribution in [3.8, 4) is 0 Å². The van der Waals surface area contributed by atoms with Gasteiger partial charge in [0.2, 0.25) is 0 Å². The quantitative estimate of drug-likeness (QED) is 0.578. The minimum absolute atomic E-state index is 0.379. The van der Waals surface area contributed by atoms with Crippen LogP contribution in [-0.2, 0) is 16.4 Å². The van der Waals surface area contributed by atoms with Crippen LogP contribution in [0.4, 0.5) is 0 Å². The van der Waals surface area contributed by atoms with E-state index in [0.29, 0.717) is 16.7 Å². The number of nitrogens with one attached hydrogen (secondary N) is 2. The second-order valence-corrected chi connectivity index (χ2v) is 8.75. The van der Waals surface area contributed by atoms with Gasteiger partial charge in [-0.15, -0.1) is 0 Å². The van der Waals surface area contributed by atoms with Gasteiger partial charge in [0, 0.05) is 24.6 Å². The van der Waals surface area contributed by atoms with Crippen LogP contribution in [0.3, 0.4) is 0 Å². The minimum Gasteiger partial charge on any atom is -0.357 e. The number of thioether (sulfide) groups is 1. The first-order valence-corrected chi connectivity index (χ1v) is 10.8. The maximum atomic E-state index is 11.6. The Bertz CT molecular complexity index is 643. The number of aryl methyl sites for hydroxylation is 1. The molecule has 0 spiro atoms. The average Bonchev–Trinajstić information content (AvgIpc) is 2.48. The molecule has 1 atom stereocenters. The molecule has 1 unspecified atom stereocenters. The van der Waals surface area contributed by atoms with E-state index >= 15 is 0 Å². The van der Waals surface area contributed by atoms with Gasteiger partial charge in [-0.3, -0.25) is 0 Å². The number of sulfone groups is 1. The predicted octanol–water partition coefficient (Wildman–Crippen LogP) is 2.21. The van der Waals surface area contributed by atoms with E-state index in [9.17, 15) is 8.42 Å². The molecule has 0 heterocycles. The fourth-order valence-corrected chi connectivity index (χ4v) is 3.27. The molecule has 5 nitrogen and oxygen atoms in total. The Balaban J connectivity index is 2.81. The van der Waals surface area contributed by atoms with Gasteiger partial charge < -0.3 is 10.6 Å². The zero-order valence-electron chi connectivity index (χ0n) is 14.5. The SMILES string of the molecule is CCNC(=NCc1ccc(S(C)(=O)=O)c(C)c1)NCC(C)SC. The molecule has 0 aliphatic carbocycles. The molecule has 0 aromatic heterocycles. The van der Waals surface area contributed by atoms with E-state index in [0.717, 1.165) is 30.2 Å². The van der Waals surface area contributed by atoms with Crippen LogP contribution in [0.2, 0.25) is 0 Å². The monoisotopic (exact) mass is 357 g/mol. The van der Waals surface area contributed by atoms with Crippen LogP contribution in [0.25, 0.3) is 0 Å². The number of rotatable bonds is 7. The van der Waals surface area contributed by atoms with Crippen LogP contribution < -0.4 is 10.6 Å². The molecule has 1 aromatic rings. The summed E-state index contributed by atoms with van der Waals surface area (Å²) in [6.45, 7) is 8.15. The van der Waals surface area contributed by atoms with Gasteiger partial charge in [-0.25, -0.2) is 13.4 Å². The lowest BCUT2D eigenvalue weighted by atomic mass is 10.1. The summed E-state index contributed by atoms with van der Waals surface area (Å²) in [5.74, 6) is 0.776. The Morgan fingerprint density at radius 2 is 2.04 bits per heavy atom. The molecular weight excluding hydrogens is 330 g/mol. The van der Waals surface area contributed by atoms with Crippen molar-refractivity contribution in [1.29, 1.82) is 0 Å². The van der Waals surface area contributed by atoms with Gasteiger partial charge in [0.25, 0.3) is 0 Å². The predicted molar refractivity (Wildman–Crippen MR) is 100 cm³/mol. The molecule has 7 heteroatoms. The molecule has 0 saturated heterocycles. The van der Waals surface area contributed by atoms with Crippen molar-refractivity contribution in [2.45, 2.75) is 37.5 Å². The highest BCUT2D eigenvalue weighted by atomic mass is 32.2. The third kappa shape index (κ3) is 6.83. The molecular formula is C16H27N3O2S2. The third-order valence-corrected chi connectivity index (χ3v) is 5.59. The van der Waals surface area contributed by atoms with E-state index in [1.165, 1.54) is 6.26 Å². The van der Waals surface area contributed by atoms with Gasteiger partial charge >= 0.3 is 0 Å². The van der Waals surface area contributed by atoms with Gasteiger partial charge in [0.05, 0.1) is 11.4 Å². The Morgan fingerprint density at radius 1 is 1.35 bits per heavy atom. The number of hydrogen-bond donors (Lipinski definition) is 2. The lowest BCUT2D eigenvalue weighted by molar-refractivity contribution is 0.601.